The van der Waals surface area contributed by atoms with Gasteiger partial charge in [0.2, 0.25) is 0 Å². The summed E-state index contributed by atoms with van der Waals surface area (Å²) in [6.07, 6.45) is 2.12. The Labute approximate surface area is 108 Å². The molecular formula is C14H12FN3O. The number of halogens is 1. The summed E-state index contributed by atoms with van der Waals surface area (Å²) in [5, 5.41) is 2.83. The summed E-state index contributed by atoms with van der Waals surface area (Å²) in [6, 6.07) is 7.89. The highest BCUT2D eigenvalue weighted by Gasteiger charge is 2.10. The molecule has 5 heteroatoms. The van der Waals surface area contributed by atoms with Gasteiger partial charge in [0, 0.05) is 29.9 Å². The molecule has 2 heterocycles. The third-order valence-corrected chi connectivity index (χ3v) is 3.14. The Morgan fingerprint density at radius 3 is 2.74 bits per heavy atom. The average Bonchev–Trinajstić information content (AvgIpc) is 2.85. The second kappa shape index (κ2) is 4.35. The summed E-state index contributed by atoms with van der Waals surface area (Å²) in [7, 11) is 0. The van der Waals surface area contributed by atoms with Crippen molar-refractivity contribution in [2.75, 3.05) is 0 Å². The molecule has 0 spiro atoms. The number of nitrogens with zero attached hydrogens (tertiary/aromatic N) is 2. The SMILES string of the molecule is Cc1nc2cc[nH]n2c(=O)c1Cc1ccc(F)cc1. The van der Waals surface area contributed by atoms with E-state index in [1.807, 2.05) is 6.92 Å². The van der Waals surface area contributed by atoms with Crippen molar-refractivity contribution in [1.82, 2.24) is 14.6 Å². The highest BCUT2D eigenvalue weighted by Crippen LogP contribution is 2.10. The lowest BCUT2D eigenvalue weighted by atomic mass is 10.1. The number of fused-ring (bicyclic) bond motifs is 1. The highest BCUT2D eigenvalue weighted by molar-refractivity contribution is 5.40. The predicted octanol–water partition coefficient (Wildman–Crippen LogP) is 2.06. The van der Waals surface area contributed by atoms with Gasteiger partial charge >= 0.3 is 0 Å². The fourth-order valence-corrected chi connectivity index (χ4v) is 2.12. The molecule has 0 saturated carbocycles. The molecule has 0 radical (unpaired) electrons. The summed E-state index contributed by atoms with van der Waals surface area (Å²) < 4.78 is 14.3. The minimum atomic E-state index is -0.282. The van der Waals surface area contributed by atoms with Crippen LogP contribution in [-0.4, -0.2) is 14.6 Å². The van der Waals surface area contributed by atoms with Crippen LogP contribution in [-0.2, 0) is 6.42 Å². The van der Waals surface area contributed by atoms with Crippen LogP contribution in [0, 0.1) is 12.7 Å². The number of hydrogen-bond donors (Lipinski definition) is 1. The van der Waals surface area contributed by atoms with Crippen molar-refractivity contribution >= 4 is 5.65 Å². The fraction of sp³-hybridized carbons (Fsp3) is 0.143. The van der Waals surface area contributed by atoms with Gasteiger partial charge in [-0.1, -0.05) is 12.1 Å². The van der Waals surface area contributed by atoms with Gasteiger partial charge in [-0.3, -0.25) is 9.89 Å². The standard InChI is InChI=1S/C14H12FN3O/c1-9-12(8-10-2-4-11(15)5-3-10)14(19)18-13(17-9)6-7-16-18/h2-7,16H,8H2,1H3. The average molecular weight is 257 g/mol. The van der Waals surface area contributed by atoms with Crippen molar-refractivity contribution < 1.29 is 4.39 Å². The number of nitrogens with one attached hydrogen (secondary N) is 1. The second-order valence-electron chi connectivity index (χ2n) is 4.44. The smallest absolute Gasteiger partial charge is 0.276 e. The molecule has 0 fully saturated rings. The van der Waals surface area contributed by atoms with E-state index in [0.29, 0.717) is 23.3 Å². The van der Waals surface area contributed by atoms with E-state index in [9.17, 15) is 9.18 Å². The maximum absolute atomic E-state index is 12.9. The van der Waals surface area contributed by atoms with Gasteiger partial charge in [-0.05, 0) is 24.6 Å². The van der Waals surface area contributed by atoms with Crippen molar-refractivity contribution in [2.24, 2.45) is 0 Å². The fourth-order valence-electron chi connectivity index (χ4n) is 2.12. The first kappa shape index (κ1) is 11.6. The minimum absolute atomic E-state index is 0.114. The summed E-state index contributed by atoms with van der Waals surface area (Å²) in [6.45, 7) is 1.81. The van der Waals surface area contributed by atoms with Gasteiger partial charge in [0.05, 0.1) is 0 Å². The van der Waals surface area contributed by atoms with E-state index in [2.05, 4.69) is 10.1 Å². The molecule has 0 bridgehead atoms. The van der Waals surface area contributed by atoms with E-state index in [1.165, 1.54) is 16.6 Å². The molecule has 1 N–H and O–H groups in total. The number of benzene rings is 1. The van der Waals surface area contributed by atoms with E-state index >= 15 is 0 Å². The Morgan fingerprint density at radius 1 is 1.26 bits per heavy atom. The highest BCUT2D eigenvalue weighted by atomic mass is 19.1. The topological polar surface area (TPSA) is 50.2 Å². The normalized spacial score (nSPS) is 11.1. The Hall–Kier alpha value is -2.43. The number of aryl methyl sites for hydroxylation is 1. The Balaban J connectivity index is 2.09. The maximum Gasteiger partial charge on any atom is 0.276 e. The van der Waals surface area contributed by atoms with E-state index < -0.39 is 0 Å². The van der Waals surface area contributed by atoms with Gasteiger partial charge in [-0.2, -0.15) is 0 Å². The van der Waals surface area contributed by atoms with Gasteiger partial charge < -0.3 is 0 Å². The number of H-pyrrole nitrogens is 1. The molecule has 3 rings (SSSR count). The Kier molecular flexibility index (Phi) is 2.67. The van der Waals surface area contributed by atoms with Crippen LogP contribution in [0.15, 0.2) is 41.3 Å². The van der Waals surface area contributed by atoms with Crippen LogP contribution in [0.4, 0.5) is 4.39 Å². The van der Waals surface area contributed by atoms with Crippen molar-refractivity contribution in [2.45, 2.75) is 13.3 Å². The molecule has 0 atom stereocenters. The lowest BCUT2D eigenvalue weighted by Crippen LogP contribution is -2.21. The molecule has 2 aromatic heterocycles. The summed E-state index contributed by atoms with van der Waals surface area (Å²) in [4.78, 5) is 16.7. The van der Waals surface area contributed by atoms with Gasteiger partial charge in [0.25, 0.3) is 5.56 Å². The lowest BCUT2D eigenvalue weighted by Gasteiger charge is -2.05. The molecule has 0 aliphatic heterocycles. The summed E-state index contributed by atoms with van der Waals surface area (Å²) in [5.41, 5.74) is 2.69. The third kappa shape index (κ3) is 2.03. The molecule has 0 saturated heterocycles. The van der Waals surface area contributed by atoms with Crippen molar-refractivity contribution in [3.05, 3.63) is 69.5 Å². The van der Waals surface area contributed by atoms with Crippen LogP contribution in [0.2, 0.25) is 0 Å². The van der Waals surface area contributed by atoms with Crippen LogP contribution < -0.4 is 5.56 Å². The van der Waals surface area contributed by atoms with Gasteiger partial charge in [-0.25, -0.2) is 13.9 Å². The summed E-state index contributed by atoms with van der Waals surface area (Å²) >= 11 is 0. The number of aromatic amines is 1. The van der Waals surface area contributed by atoms with Gasteiger partial charge in [0.1, 0.15) is 5.82 Å². The monoisotopic (exact) mass is 257 g/mol. The van der Waals surface area contributed by atoms with E-state index in [1.54, 1.807) is 24.4 Å². The first-order valence-electron chi connectivity index (χ1n) is 5.95. The first-order chi connectivity index (χ1) is 9.15. The van der Waals surface area contributed by atoms with Crippen LogP contribution in [0.1, 0.15) is 16.8 Å². The molecule has 0 unspecified atom stereocenters. The lowest BCUT2D eigenvalue weighted by molar-refractivity contribution is 0.627. The van der Waals surface area contributed by atoms with E-state index in [0.717, 1.165) is 5.56 Å². The molecule has 0 amide bonds. The maximum atomic E-state index is 12.9. The van der Waals surface area contributed by atoms with Crippen molar-refractivity contribution in [1.29, 1.82) is 0 Å². The number of aromatic nitrogens is 3. The van der Waals surface area contributed by atoms with Gasteiger partial charge in [-0.15, -0.1) is 0 Å². The molecule has 96 valence electrons. The number of rotatable bonds is 2. The zero-order chi connectivity index (χ0) is 13.4. The molecule has 0 aliphatic carbocycles. The molecule has 0 aliphatic rings. The third-order valence-electron chi connectivity index (χ3n) is 3.14. The van der Waals surface area contributed by atoms with Crippen LogP contribution in [0.5, 0.6) is 0 Å². The minimum Gasteiger partial charge on any atom is -0.297 e. The van der Waals surface area contributed by atoms with Crippen LogP contribution in [0.3, 0.4) is 0 Å². The molecule has 4 nitrogen and oxygen atoms in total. The molecular weight excluding hydrogens is 245 g/mol. The predicted molar refractivity (Wildman–Crippen MR) is 69.8 cm³/mol. The number of hydrogen-bond acceptors (Lipinski definition) is 2. The van der Waals surface area contributed by atoms with Crippen LogP contribution in [0.25, 0.3) is 5.65 Å². The summed E-state index contributed by atoms with van der Waals surface area (Å²) in [5.74, 6) is -0.282. The molecule has 19 heavy (non-hydrogen) atoms. The van der Waals surface area contributed by atoms with E-state index in [4.69, 9.17) is 0 Å². The molecule has 1 aromatic carbocycles. The van der Waals surface area contributed by atoms with E-state index in [-0.39, 0.29) is 11.4 Å². The second-order valence-corrected chi connectivity index (χ2v) is 4.44. The quantitative estimate of drug-likeness (QED) is 0.764. The van der Waals surface area contributed by atoms with Crippen LogP contribution >= 0.6 is 0 Å². The van der Waals surface area contributed by atoms with Gasteiger partial charge in [0.15, 0.2) is 5.65 Å². The Bertz CT molecular complexity index is 787. The zero-order valence-corrected chi connectivity index (χ0v) is 10.4. The zero-order valence-electron chi connectivity index (χ0n) is 10.4. The first-order valence-corrected chi connectivity index (χ1v) is 5.95. The van der Waals surface area contributed by atoms with Crippen molar-refractivity contribution in [3.63, 3.8) is 0 Å². The van der Waals surface area contributed by atoms with Crippen molar-refractivity contribution in [3.8, 4) is 0 Å². The largest absolute Gasteiger partial charge is 0.297 e. The Morgan fingerprint density at radius 2 is 2.00 bits per heavy atom. The molecule has 3 aromatic rings.